The molecule has 2 aromatic rings. The van der Waals surface area contributed by atoms with E-state index in [0.29, 0.717) is 0 Å². The Balaban J connectivity index is 1.50. The van der Waals surface area contributed by atoms with Crippen molar-refractivity contribution in [3.05, 3.63) is 65.3 Å². The van der Waals surface area contributed by atoms with Crippen LogP contribution in [0.3, 0.4) is 0 Å². The van der Waals surface area contributed by atoms with Gasteiger partial charge in [-0.25, -0.2) is 0 Å². The molecule has 2 aliphatic heterocycles. The van der Waals surface area contributed by atoms with Gasteiger partial charge in [-0.2, -0.15) is 0 Å². The van der Waals surface area contributed by atoms with Gasteiger partial charge in [0.25, 0.3) is 5.91 Å². The molecule has 2 heterocycles. The summed E-state index contributed by atoms with van der Waals surface area (Å²) in [5.41, 5.74) is 3.94. The lowest BCUT2D eigenvalue weighted by molar-refractivity contribution is -0.112. The molecule has 2 aliphatic rings. The van der Waals surface area contributed by atoms with E-state index >= 15 is 0 Å². The molecule has 4 nitrogen and oxygen atoms in total. The van der Waals surface area contributed by atoms with Crippen LogP contribution < -0.4 is 9.80 Å². The van der Waals surface area contributed by atoms with Gasteiger partial charge in [0.15, 0.2) is 0 Å². The number of halogens is 1. The molecular weight excluding hydrogens is 334 g/mol. The number of carbonyl (C=O) groups excluding carboxylic acids is 1. The van der Waals surface area contributed by atoms with Crippen molar-refractivity contribution in [1.29, 1.82) is 0 Å². The topological polar surface area (TPSA) is 26.8 Å². The molecule has 0 aliphatic carbocycles. The molecule has 128 valence electrons. The zero-order valence-corrected chi connectivity index (χ0v) is 14.9. The molecule has 4 rings (SSSR count). The van der Waals surface area contributed by atoms with Crippen LogP contribution >= 0.6 is 11.6 Å². The quantitative estimate of drug-likeness (QED) is 0.773. The van der Waals surface area contributed by atoms with Gasteiger partial charge in [0, 0.05) is 55.7 Å². The molecule has 0 aromatic heterocycles. The van der Waals surface area contributed by atoms with Crippen LogP contribution in [-0.4, -0.2) is 44.0 Å². The molecule has 0 saturated carbocycles. The van der Waals surface area contributed by atoms with Gasteiger partial charge in [0.2, 0.25) is 0 Å². The Labute approximate surface area is 152 Å². The zero-order valence-electron chi connectivity index (χ0n) is 14.2. The minimum atomic E-state index is 0.0680. The smallest absolute Gasteiger partial charge is 0.260 e. The lowest BCUT2D eigenvalue weighted by atomic mass is 10.1. The van der Waals surface area contributed by atoms with Crippen LogP contribution in [0.2, 0.25) is 5.02 Å². The van der Waals surface area contributed by atoms with Crippen molar-refractivity contribution in [1.82, 2.24) is 4.90 Å². The normalized spacial score (nSPS) is 18.9. The Kier molecular flexibility index (Phi) is 4.14. The molecule has 1 amide bonds. The standard InChI is InChI=1S/C20H20ClN3O/c1-22-19-8-3-2-7-17(19)18(20(22)25)14-23-9-11-24(12-10-23)16-6-4-5-15(21)13-16/h2-8,13-14H,9-12H2,1H3/b18-14-. The summed E-state index contributed by atoms with van der Waals surface area (Å²) in [6.45, 7) is 3.59. The van der Waals surface area contributed by atoms with Gasteiger partial charge in [-0.05, 0) is 24.3 Å². The van der Waals surface area contributed by atoms with Gasteiger partial charge in [0.1, 0.15) is 0 Å². The number of rotatable bonds is 2. The highest BCUT2D eigenvalue weighted by molar-refractivity contribution is 6.32. The number of carbonyl (C=O) groups is 1. The summed E-state index contributed by atoms with van der Waals surface area (Å²) in [5, 5.41) is 0.762. The number of amides is 1. The molecule has 0 unspecified atom stereocenters. The predicted molar refractivity (Wildman–Crippen MR) is 103 cm³/mol. The lowest BCUT2D eigenvalue weighted by Gasteiger charge is -2.35. The molecule has 0 bridgehead atoms. The highest BCUT2D eigenvalue weighted by atomic mass is 35.5. The SMILES string of the molecule is CN1C(=O)/C(=C\N2CCN(c3cccc(Cl)c3)CC2)c2ccccc21. The van der Waals surface area contributed by atoms with E-state index in [1.54, 1.807) is 4.90 Å². The maximum absolute atomic E-state index is 12.6. The van der Waals surface area contributed by atoms with Crippen LogP contribution in [0.5, 0.6) is 0 Å². The first-order valence-electron chi connectivity index (χ1n) is 8.47. The molecule has 0 atom stereocenters. The number of nitrogens with zero attached hydrogens (tertiary/aromatic N) is 3. The van der Waals surface area contributed by atoms with E-state index in [4.69, 9.17) is 11.6 Å². The molecule has 1 saturated heterocycles. The summed E-state index contributed by atoms with van der Waals surface area (Å²) >= 11 is 6.09. The number of para-hydroxylation sites is 1. The monoisotopic (exact) mass is 353 g/mol. The molecular formula is C20H20ClN3O. The molecule has 0 spiro atoms. The average Bonchev–Trinajstić information content (AvgIpc) is 2.88. The van der Waals surface area contributed by atoms with Crippen molar-refractivity contribution < 1.29 is 4.79 Å². The highest BCUT2D eigenvalue weighted by Crippen LogP contribution is 2.35. The fourth-order valence-corrected chi connectivity index (χ4v) is 3.67. The Bertz CT molecular complexity index is 840. The summed E-state index contributed by atoms with van der Waals surface area (Å²) < 4.78 is 0. The fourth-order valence-electron chi connectivity index (χ4n) is 3.49. The van der Waals surface area contributed by atoms with Gasteiger partial charge in [-0.3, -0.25) is 4.79 Å². The number of benzene rings is 2. The number of fused-ring (bicyclic) bond motifs is 1. The van der Waals surface area contributed by atoms with E-state index in [-0.39, 0.29) is 5.91 Å². The number of hydrogen-bond acceptors (Lipinski definition) is 3. The Morgan fingerprint density at radius 3 is 2.52 bits per heavy atom. The molecule has 1 fully saturated rings. The maximum Gasteiger partial charge on any atom is 0.260 e. The second-order valence-corrected chi connectivity index (χ2v) is 6.86. The van der Waals surface area contributed by atoms with Crippen LogP contribution in [-0.2, 0) is 4.79 Å². The van der Waals surface area contributed by atoms with Crippen LogP contribution in [0, 0.1) is 0 Å². The third kappa shape index (κ3) is 2.98. The van der Waals surface area contributed by atoms with E-state index in [1.165, 1.54) is 0 Å². The number of hydrogen-bond donors (Lipinski definition) is 0. The molecule has 5 heteroatoms. The molecule has 2 aromatic carbocycles. The third-order valence-electron chi connectivity index (χ3n) is 4.89. The van der Waals surface area contributed by atoms with E-state index in [9.17, 15) is 4.79 Å². The number of anilines is 2. The first-order chi connectivity index (χ1) is 12.1. The third-order valence-corrected chi connectivity index (χ3v) is 5.13. The zero-order chi connectivity index (χ0) is 17.4. The minimum absolute atomic E-state index is 0.0680. The number of piperazine rings is 1. The molecule has 25 heavy (non-hydrogen) atoms. The van der Waals surface area contributed by atoms with Crippen molar-refractivity contribution in [2.45, 2.75) is 0 Å². The minimum Gasteiger partial charge on any atom is -0.373 e. The van der Waals surface area contributed by atoms with Crippen molar-refractivity contribution in [3.63, 3.8) is 0 Å². The Morgan fingerprint density at radius 2 is 1.76 bits per heavy atom. The lowest BCUT2D eigenvalue weighted by Crippen LogP contribution is -2.44. The van der Waals surface area contributed by atoms with Crippen molar-refractivity contribution >= 4 is 34.5 Å². The average molecular weight is 354 g/mol. The summed E-state index contributed by atoms with van der Waals surface area (Å²) in [7, 11) is 1.83. The Hall–Kier alpha value is -2.46. The molecule has 0 radical (unpaired) electrons. The summed E-state index contributed by atoms with van der Waals surface area (Å²) in [6, 6.07) is 15.9. The van der Waals surface area contributed by atoms with E-state index in [2.05, 4.69) is 15.9 Å². The second-order valence-electron chi connectivity index (χ2n) is 6.43. The van der Waals surface area contributed by atoms with Crippen molar-refractivity contribution in [2.24, 2.45) is 0 Å². The van der Waals surface area contributed by atoms with Crippen LogP contribution in [0.25, 0.3) is 5.57 Å². The summed E-state index contributed by atoms with van der Waals surface area (Å²) in [5.74, 6) is 0.0680. The van der Waals surface area contributed by atoms with E-state index in [1.807, 2.05) is 55.7 Å². The van der Waals surface area contributed by atoms with E-state index in [0.717, 1.165) is 53.7 Å². The van der Waals surface area contributed by atoms with Gasteiger partial charge in [-0.15, -0.1) is 0 Å². The van der Waals surface area contributed by atoms with E-state index < -0.39 is 0 Å². The first kappa shape index (κ1) is 16.0. The second kappa shape index (κ2) is 6.45. The van der Waals surface area contributed by atoms with Crippen LogP contribution in [0.1, 0.15) is 5.56 Å². The van der Waals surface area contributed by atoms with Gasteiger partial charge in [-0.1, -0.05) is 35.9 Å². The highest BCUT2D eigenvalue weighted by Gasteiger charge is 2.30. The van der Waals surface area contributed by atoms with Crippen LogP contribution in [0.15, 0.2) is 54.7 Å². The fraction of sp³-hybridized carbons (Fsp3) is 0.250. The summed E-state index contributed by atoms with van der Waals surface area (Å²) in [4.78, 5) is 18.9. The van der Waals surface area contributed by atoms with Gasteiger partial charge < -0.3 is 14.7 Å². The van der Waals surface area contributed by atoms with Gasteiger partial charge in [0.05, 0.1) is 11.3 Å². The van der Waals surface area contributed by atoms with Gasteiger partial charge >= 0.3 is 0 Å². The van der Waals surface area contributed by atoms with Crippen LogP contribution in [0.4, 0.5) is 11.4 Å². The largest absolute Gasteiger partial charge is 0.373 e. The predicted octanol–water partition coefficient (Wildman–Crippen LogP) is 3.48. The first-order valence-corrected chi connectivity index (χ1v) is 8.85. The van der Waals surface area contributed by atoms with Crippen molar-refractivity contribution in [2.75, 3.05) is 43.0 Å². The van der Waals surface area contributed by atoms with Crippen molar-refractivity contribution in [3.8, 4) is 0 Å². The molecule has 0 N–H and O–H groups in total. The maximum atomic E-state index is 12.6. The number of likely N-dealkylation sites (N-methyl/N-ethyl adjacent to an activating group) is 1. The Morgan fingerprint density at radius 1 is 1.00 bits per heavy atom. The summed E-state index contributed by atoms with van der Waals surface area (Å²) in [6.07, 6.45) is 2.03.